The molecule has 0 aromatic carbocycles. The largest absolute Gasteiger partial charge is 0.491 e. The van der Waals surface area contributed by atoms with Crippen LogP contribution in [0.2, 0.25) is 0 Å². The maximum Gasteiger partial charge on any atom is 0.258 e. The van der Waals surface area contributed by atoms with Gasteiger partial charge in [-0.15, -0.1) is 0 Å². The van der Waals surface area contributed by atoms with Gasteiger partial charge in [-0.2, -0.15) is 4.98 Å². The fourth-order valence-corrected chi connectivity index (χ4v) is 1.89. The molecule has 0 aliphatic carbocycles. The van der Waals surface area contributed by atoms with E-state index in [1.165, 1.54) is 0 Å². The maximum atomic E-state index is 5.44. The molecule has 1 aliphatic rings. The summed E-state index contributed by atoms with van der Waals surface area (Å²) in [6.07, 6.45) is 1.12. The molecule has 5 nitrogen and oxygen atoms in total. The van der Waals surface area contributed by atoms with E-state index in [0.29, 0.717) is 24.3 Å². The van der Waals surface area contributed by atoms with Crippen LogP contribution in [0.1, 0.15) is 13.3 Å². The SMILES string of the molecule is CCOc1nc(NC2CCNC2)ccc1OC. The van der Waals surface area contributed by atoms with Gasteiger partial charge in [0, 0.05) is 12.6 Å². The first-order valence-corrected chi connectivity index (χ1v) is 5.98. The summed E-state index contributed by atoms with van der Waals surface area (Å²) in [5, 5.41) is 6.69. The quantitative estimate of drug-likeness (QED) is 0.807. The molecule has 5 heteroatoms. The van der Waals surface area contributed by atoms with Crippen molar-refractivity contribution in [1.82, 2.24) is 10.3 Å². The van der Waals surface area contributed by atoms with E-state index < -0.39 is 0 Å². The lowest BCUT2D eigenvalue weighted by molar-refractivity contribution is 0.299. The lowest BCUT2D eigenvalue weighted by Gasteiger charge is -2.14. The van der Waals surface area contributed by atoms with Gasteiger partial charge in [-0.3, -0.25) is 0 Å². The molecule has 1 fully saturated rings. The average molecular weight is 237 g/mol. The van der Waals surface area contributed by atoms with E-state index in [2.05, 4.69) is 15.6 Å². The van der Waals surface area contributed by atoms with Crippen LogP contribution in [0.15, 0.2) is 12.1 Å². The summed E-state index contributed by atoms with van der Waals surface area (Å²) in [5.41, 5.74) is 0. The molecule has 1 aliphatic heterocycles. The molecular weight excluding hydrogens is 218 g/mol. The molecule has 2 N–H and O–H groups in total. The summed E-state index contributed by atoms with van der Waals surface area (Å²) >= 11 is 0. The van der Waals surface area contributed by atoms with Crippen LogP contribution in [0.25, 0.3) is 0 Å². The molecule has 0 radical (unpaired) electrons. The number of ether oxygens (including phenoxy) is 2. The van der Waals surface area contributed by atoms with Crippen molar-refractivity contribution in [2.24, 2.45) is 0 Å². The van der Waals surface area contributed by atoms with Crippen LogP contribution in [0, 0.1) is 0 Å². The minimum atomic E-state index is 0.449. The Morgan fingerprint density at radius 1 is 1.53 bits per heavy atom. The molecule has 1 atom stereocenters. The predicted octanol–water partition coefficient (Wildman–Crippen LogP) is 1.26. The lowest BCUT2D eigenvalue weighted by atomic mass is 10.2. The number of hydrogen-bond donors (Lipinski definition) is 2. The van der Waals surface area contributed by atoms with E-state index in [1.54, 1.807) is 7.11 Å². The van der Waals surface area contributed by atoms with Gasteiger partial charge in [-0.1, -0.05) is 0 Å². The molecule has 2 rings (SSSR count). The molecule has 1 saturated heterocycles. The number of hydrogen-bond acceptors (Lipinski definition) is 5. The summed E-state index contributed by atoms with van der Waals surface area (Å²) in [6.45, 7) is 4.56. The topological polar surface area (TPSA) is 55.4 Å². The van der Waals surface area contributed by atoms with Crippen molar-refractivity contribution in [2.75, 3.05) is 32.1 Å². The Morgan fingerprint density at radius 2 is 2.41 bits per heavy atom. The summed E-state index contributed by atoms with van der Waals surface area (Å²) in [6, 6.07) is 4.24. The van der Waals surface area contributed by atoms with E-state index in [0.717, 1.165) is 25.3 Å². The van der Waals surface area contributed by atoms with E-state index in [1.807, 2.05) is 19.1 Å². The zero-order chi connectivity index (χ0) is 12.1. The fraction of sp³-hybridized carbons (Fsp3) is 0.583. The van der Waals surface area contributed by atoms with Gasteiger partial charge in [-0.05, 0) is 32.0 Å². The zero-order valence-corrected chi connectivity index (χ0v) is 10.3. The van der Waals surface area contributed by atoms with Crippen molar-refractivity contribution in [2.45, 2.75) is 19.4 Å². The minimum absolute atomic E-state index is 0.449. The standard InChI is InChI=1S/C12H19N3O2/c1-3-17-12-10(16-2)4-5-11(15-12)14-9-6-7-13-8-9/h4-5,9,13H,3,6-8H2,1-2H3,(H,14,15). The van der Waals surface area contributed by atoms with Crippen molar-refractivity contribution in [1.29, 1.82) is 0 Å². The van der Waals surface area contributed by atoms with Crippen molar-refractivity contribution in [3.05, 3.63) is 12.1 Å². The van der Waals surface area contributed by atoms with E-state index in [-0.39, 0.29) is 0 Å². The number of nitrogens with zero attached hydrogens (tertiary/aromatic N) is 1. The first-order chi connectivity index (χ1) is 8.33. The Morgan fingerprint density at radius 3 is 3.06 bits per heavy atom. The molecule has 0 spiro atoms. The molecule has 0 saturated carbocycles. The molecule has 0 amide bonds. The predicted molar refractivity (Wildman–Crippen MR) is 66.9 cm³/mol. The number of anilines is 1. The highest BCUT2D eigenvalue weighted by atomic mass is 16.5. The van der Waals surface area contributed by atoms with Crippen LogP contribution < -0.4 is 20.1 Å². The number of nitrogens with one attached hydrogen (secondary N) is 2. The maximum absolute atomic E-state index is 5.44. The fourth-order valence-electron chi connectivity index (χ4n) is 1.89. The molecule has 1 aromatic rings. The smallest absolute Gasteiger partial charge is 0.258 e. The van der Waals surface area contributed by atoms with E-state index in [4.69, 9.17) is 9.47 Å². The van der Waals surface area contributed by atoms with E-state index >= 15 is 0 Å². The van der Waals surface area contributed by atoms with Crippen molar-refractivity contribution in [3.63, 3.8) is 0 Å². The summed E-state index contributed by atoms with van der Waals surface area (Å²) in [7, 11) is 1.62. The van der Waals surface area contributed by atoms with Gasteiger partial charge in [-0.25, -0.2) is 0 Å². The Hall–Kier alpha value is -1.49. The number of methoxy groups -OCH3 is 1. The summed E-state index contributed by atoms with van der Waals surface area (Å²) in [4.78, 5) is 4.41. The van der Waals surface area contributed by atoms with Gasteiger partial charge < -0.3 is 20.1 Å². The third kappa shape index (κ3) is 3.00. The number of aromatic nitrogens is 1. The average Bonchev–Trinajstić information content (AvgIpc) is 2.83. The first-order valence-electron chi connectivity index (χ1n) is 5.98. The van der Waals surface area contributed by atoms with Gasteiger partial charge in [0.25, 0.3) is 5.88 Å². The van der Waals surface area contributed by atoms with Crippen LogP contribution in [0.3, 0.4) is 0 Å². The summed E-state index contributed by atoms with van der Waals surface area (Å²) in [5.74, 6) is 2.05. The molecular formula is C12H19N3O2. The third-order valence-corrected chi connectivity index (χ3v) is 2.74. The Kier molecular flexibility index (Phi) is 4.03. The lowest BCUT2D eigenvalue weighted by Crippen LogP contribution is -2.22. The zero-order valence-electron chi connectivity index (χ0n) is 10.3. The van der Waals surface area contributed by atoms with Crippen LogP contribution in [-0.4, -0.2) is 37.8 Å². The van der Waals surface area contributed by atoms with Gasteiger partial charge >= 0.3 is 0 Å². The minimum Gasteiger partial charge on any atom is -0.491 e. The summed E-state index contributed by atoms with van der Waals surface area (Å²) < 4.78 is 10.6. The Balaban J connectivity index is 2.08. The molecule has 1 unspecified atom stereocenters. The highest BCUT2D eigenvalue weighted by Gasteiger charge is 2.15. The number of pyridine rings is 1. The second-order valence-corrected chi connectivity index (χ2v) is 3.97. The second-order valence-electron chi connectivity index (χ2n) is 3.97. The second kappa shape index (κ2) is 5.72. The van der Waals surface area contributed by atoms with Crippen LogP contribution >= 0.6 is 0 Å². The highest BCUT2D eigenvalue weighted by Crippen LogP contribution is 2.26. The molecule has 94 valence electrons. The van der Waals surface area contributed by atoms with Crippen LogP contribution in [0.4, 0.5) is 5.82 Å². The number of rotatable bonds is 5. The van der Waals surface area contributed by atoms with Gasteiger partial charge in [0.05, 0.1) is 13.7 Å². The molecule has 17 heavy (non-hydrogen) atoms. The van der Waals surface area contributed by atoms with Crippen LogP contribution in [0.5, 0.6) is 11.6 Å². The van der Waals surface area contributed by atoms with E-state index in [9.17, 15) is 0 Å². The van der Waals surface area contributed by atoms with Gasteiger partial charge in [0.1, 0.15) is 5.82 Å². The van der Waals surface area contributed by atoms with Crippen molar-refractivity contribution in [3.8, 4) is 11.6 Å². The Bertz CT molecular complexity index is 365. The highest BCUT2D eigenvalue weighted by molar-refractivity contribution is 5.45. The Labute approximate surface area is 102 Å². The monoisotopic (exact) mass is 237 g/mol. The molecule has 0 bridgehead atoms. The third-order valence-electron chi connectivity index (χ3n) is 2.74. The normalized spacial score (nSPS) is 19.1. The van der Waals surface area contributed by atoms with Crippen molar-refractivity contribution >= 4 is 5.82 Å². The molecule has 2 heterocycles. The first kappa shape index (κ1) is 12.0. The van der Waals surface area contributed by atoms with Crippen molar-refractivity contribution < 1.29 is 9.47 Å². The van der Waals surface area contributed by atoms with Gasteiger partial charge in [0.2, 0.25) is 0 Å². The van der Waals surface area contributed by atoms with Gasteiger partial charge in [0.15, 0.2) is 5.75 Å². The molecule has 1 aromatic heterocycles. The van der Waals surface area contributed by atoms with Crippen LogP contribution in [-0.2, 0) is 0 Å².